The molecule has 0 radical (unpaired) electrons. The van der Waals surface area contributed by atoms with Crippen LogP contribution < -0.4 is 10.5 Å². The van der Waals surface area contributed by atoms with Crippen LogP contribution in [0.1, 0.15) is 75.3 Å². The number of nitrogens with two attached hydrogens (primary N) is 1. The van der Waals surface area contributed by atoms with Crippen LogP contribution >= 0.6 is 11.6 Å². The number of fused-ring (bicyclic) bond motifs is 1. The van der Waals surface area contributed by atoms with Crippen LogP contribution in [0.25, 0.3) is 11.1 Å². The number of rotatable bonds is 7. The molecule has 8 heteroatoms. The van der Waals surface area contributed by atoms with E-state index in [9.17, 15) is 9.18 Å². The maximum Gasteiger partial charge on any atom is 0.216 e. The van der Waals surface area contributed by atoms with E-state index >= 15 is 0 Å². The Balaban J connectivity index is 0.000000494. The fourth-order valence-corrected chi connectivity index (χ4v) is 5.00. The zero-order chi connectivity index (χ0) is 28.0. The van der Waals surface area contributed by atoms with Gasteiger partial charge >= 0.3 is 0 Å². The lowest BCUT2D eigenvalue weighted by Gasteiger charge is -2.29. The second-order valence-electron chi connectivity index (χ2n) is 10.1. The van der Waals surface area contributed by atoms with Gasteiger partial charge in [0.15, 0.2) is 5.78 Å². The smallest absolute Gasteiger partial charge is 0.216 e. The second-order valence-corrected chi connectivity index (χ2v) is 10.6. The number of ketones is 1. The van der Waals surface area contributed by atoms with Gasteiger partial charge in [0, 0.05) is 28.6 Å². The van der Waals surface area contributed by atoms with Gasteiger partial charge in [-0.3, -0.25) is 15.2 Å². The second kappa shape index (κ2) is 13.2. The van der Waals surface area contributed by atoms with E-state index in [1.807, 2.05) is 32.9 Å². The van der Waals surface area contributed by atoms with Crippen molar-refractivity contribution in [3.63, 3.8) is 0 Å². The number of nitrogens with zero attached hydrogens (tertiary/aromatic N) is 1. The Morgan fingerprint density at radius 3 is 2.55 bits per heavy atom. The summed E-state index contributed by atoms with van der Waals surface area (Å²) < 4.78 is 19.3. The first-order valence-electron chi connectivity index (χ1n) is 13.1. The van der Waals surface area contributed by atoms with Gasteiger partial charge in [0.05, 0.1) is 29.9 Å². The summed E-state index contributed by atoms with van der Waals surface area (Å²) in [6.45, 7) is 8.23. The highest BCUT2D eigenvalue weighted by molar-refractivity contribution is 6.30. The number of hydrogen-bond donors (Lipinski definition) is 3. The third-order valence-electron chi connectivity index (χ3n) is 7.17. The lowest BCUT2D eigenvalue weighted by molar-refractivity contribution is -0.118. The van der Waals surface area contributed by atoms with Gasteiger partial charge in [-0.05, 0) is 73.4 Å². The number of pyridine rings is 1. The van der Waals surface area contributed by atoms with Crippen LogP contribution in [0.3, 0.4) is 0 Å². The van der Waals surface area contributed by atoms with Gasteiger partial charge in [0.2, 0.25) is 5.97 Å². The topological polar surface area (TPSA) is 109 Å². The summed E-state index contributed by atoms with van der Waals surface area (Å²) in [5.41, 5.74) is 8.61. The van der Waals surface area contributed by atoms with Crippen molar-refractivity contribution < 1.29 is 19.0 Å². The molecule has 2 aliphatic rings. The lowest BCUT2D eigenvalue weighted by Crippen LogP contribution is -2.29. The van der Waals surface area contributed by atoms with Crippen LogP contribution in [0.15, 0.2) is 42.7 Å². The molecule has 2 heterocycles. The molecule has 4 N–H and O–H groups in total. The van der Waals surface area contributed by atoms with E-state index in [1.54, 1.807) is 24.4 Å². The number of aliphatic hydroxyl groups is 1. The Bertz CT molecular complexity index is 1240. The zero-order valence-corrected chi connectivity index (χ0v) is 23.2. The minimum atomic E-state index is -1.16. The highest BCUT2D eigenvalue weighted by atomic mass is 35.5. The van der Waals surface area contributed by atoms with Crippen LogP contribution in [0.5, 0.6) is 5.75 Å². The van der Waals surface area contributed by atoms with E-state index in [0.717, 1.165) is 41.8 Å². The number of carbonyl (C=O) groups excluding carboxylic acids is 1. The quantitative estimate of drug-likeness (QED) is 0.274. The number of aliphatic hydroxyl groups excluding tert-OH is 1. The molecule has 0 amide bonds. The minimum Gasteiger partial charge on any atom is -0.493 e. The van der Waals surface area contributed by atoms with E-state index in [1.165, 1.54) is 6.42 Å². The van der Waals surface area contributed by atoms with Gasteiger partial charge < -0.3 is 15.6 Å². The average molecular weight is 542 g/mol. The van der Waals surface area contributed by atoms with Crippen molar-refractivity contribution in [1.82, 2.24) is 4.98 Å². The number of hydrogen-bond acceptors (Lipinski definition) is 6. The van der Waals surface area contributed by atoms with Crippen LogP contribution in [-0.4, -0.2) is 34.6 Å². The fourth-order valence-electron chi connectivity index (χ4n) is 4.81. The largest absolute Gasteiger partial charge is 0.493 e. The summed E-state index contributed by atoms with van der Waals surface area (Å²) in [4.78, 5) is 17.7. The van der Waals surface area contributed by atoms with E-state index in [-0.39, 0.29) is 41.6 Å². The summed E-state index contributed by atoms with van der Waals surface area (Å²) >= 11 is 6.10. The monoisotopic (exact) mass is 541 g/mol. The van der Waals surface area contributed by atoms with E-state index in [2.05, 4.69) is 11.9 Å². The lowest BCUT2D eigenvalue weighted by atomic mass is 9.81. The average Bonchev–Trinajstić information content (AvgIpc) is 2.87. The van der Waals surface area contributed by atoms with Crippen molar-refractivity contribution in [1.29, 1.82) is 5.41 Å². The SMILES string of the molecule is C/C=C(/C(=O)C1COc2ccc(Cl)cc2C1)c1cnc(/C(=C/N)C(=N)F)cc1C(C)C.CCC1CC(O)C1. The summed E-state index contributed by atoms with van der Waals surface area (Å²) in [6.07, 6.45) is 8.29. The molecule has 1 aliphatic heterocycles. The summed E-state index contributed by atoms with van der Waals surface area (Å²) in [5, 5.41) is 16.6. The Kier molecular flexibility index (Phi) is 10.2. The number of Topliss-reactive ketones (excluding diaryl/α,β-unsaturated/α-hetero) is 1. The van der Waals surface area contributed by atoms with Crippen molar-refractivity contribution in [2.75, 3.05) is 6.61 Å². The number of ether oxygens (including phenoxy) is 1. The molecule has 1 atom stereocenters. The van der Waals surface area contributed by atoms with Crippen molar-refractivity contribution in [3.05, 3.63) is 70.1 Å². The standard InChI is InChI=1S/C24H25ClFN3O2.C6H12O/c1-4-17(23(30)15-7-14-8-16(25)5-6-22(14)31-12-15)20-11-29-21(9-18(20)13(2)3)19(10-27)24(26)28;1-2-5-3-6(7)4-5/h4-6,8-11,13,15,28H,7,12,27H2,1-3H3;5-7H,2-4H2,1H3/b17-4+,19-10-,28-24?;. The van der Waals surface area contributed by atoms with Crippen molar-refractivity contribution in [3.8, 4) is 5.75 Å². The van der Waals surface area contributed by atoms with Crippen LogP contribution in [0.4, 0.5) is 4.39 Å². The number of halogens is 2. The van der Waals surface area contributed by atoms with Crippen molar-refractivity contribution in [2.24, 2.45) is 17.6 Å². The molecule has 0 spiro atoms. The van der Waals surface area contributed by atoms with E-state index in [4.69, 9.17) is 32.6 Å². The molecule has 1 fully saturated rings. The summed E-state index contributed by atoms with van der Waals surface area (Å²) in [6, 6.07) is 7.10. The molecular formula is C30H37ClFN3O3. The predicted molar refractivity (Wildman–Crippen MR) is 151 cm³/mol. The summed E-state index contributed by atoms with van der Waals surface area (Å²) in [7, 11) is 0. The zero-order valence-electron chi connectivity index (χ0n) is 22.4. The molecule has 2 aromatic rings. The van der Waals surface area contributed by atoms with Crippen molar-refractivity contribution in [2.45, 2.75) is 65.4 Å². The molecule has 1 unspecified atom stereocenters. The third-order valence-corrected chi connectivity index (χ3v) is 7.40. The molecule has 4 rings (SSSR count). The Morgan fingerprint density at radius 2 is 2.03 bits per heavy atom. The molecule has 38 heavy (non-hydrogen) atoms. The minimum absolute atomic E-state index is 0.0365. The highest BCUT2D eigenvalue weighted by Crippen LogP contribution is 2.35. The molecule has 1 aromatic carbocycles. The summed E-state index contributed by atoms with van der Waals surface area (Å²) in [5.74, 6) is 0.0767. The van der Waals surface area contributed by atoms with Gasteiger partial charge in [-0.1, -0.05) is 44.9 Å². The number of nitrogens with one attached hydrogen (secondary N) is 1. The molecule has 1 aromatic heterocycles. The molecular weight excluding hydrogens is 505 g/mol. The van der Waals surface area contributed by atoms with Crippen LogP contribution in [0, 0.1) is 17.2 Å². The van der Waals surface area contributed by atoms with E-state index in [0.29, 0.717) is 22.6 Å². The molecule has 0 bridgehead atoms. The maximum atomic E-state index is 13.5. The highest BCUT2D eigenvalue weighted by Gasteiger charge is 2.30. The van der Waals surface area contributed by atoms with Gasteiger partial charge in [-0.2, -0.15) is 4.39 Å². The Morgan fingerprint density at radius 1 is 1.32 bits per heavy atom. The third kappa shape index (κ3) is 6.88. The number of benzene rings is 1. The van der Waals surface area contributed by atoms with Gasteiger partial charge in [0.25, 0.3) is 0 Å². The molecule has 1 saturated carbocycles. The first-order chi connectivity index (χ1) is 18.1. The number of aromatic nitrogens is 1. The number of carbonyl (C=O) groups is 1. The fraction of sp³-hybridized carbons (Fsp3) is 0.433. The Labute approximate surface area is 229 Å². The first kappa shape index (κ1) is 29.5. The molecule has 204 valence electrons. The van der Waals surface area contributed by atoms with Gasteiger partial charge in [-0.25, -0.2) is 0 Å². The van der Waals surface area contributed by atoms with Crippen LogP contribution in [-0.2, 0) is 11.2 Å². The van der Waals surface area contributed by atoms with Gasteiger partial charge in [0.1, 0.15) is 5.75 Å². The number of allylic oxidation sites excluding steroid dienone is 3. The van der Waals surface area contributed by atoms with Crippen LogP contribution in [0.2, 0.25) is 5.02 Å². The van der Waals surface area contributed by atoms with Crippen molar-refractivity contribution >= 4 is 34.5 Å². The first-order valence-corrected chi connectivity index (χ1v) is 13.4. The molecule has 6 nitrogen and oxygen atoms in total. The van der Waals surface area contributed by atoms with Gasteiger partial charge in [-0.15, -0.1) is 0 Å². The molecule has 0 saturated heterocycles. The molecule has 1 aliphatic carbocycles. The predicted octanol–water partition coefficient (Wildman–Crippen LogP) is 6.50. The maximum absolute atomic E-state index is 13.5. The van der Waals surface area contributed by atoms with E-state index < -0.39 is 5.97 Å². The Hall–Kier alpha value is -3.03. The normalized spacial score (nSPS) is 21.0.